The van der Waals surface area contributed by atoms with Crippen molar-refractivity contribution in [3.05, 3.63) is 259 Å². The summed E-state index contributed by atoms with van der Waals surface area (Å²) in [6.45, 7) is 8.45. The molecule has 5 heteroatoms. The number of aryl methyl sites for hydroxylation is 4. The summed E-state index contributed by atoms with van der Waals surface area (Å²) in [5.41, 5.74) is 16.0. The third kappa shape index (κ3) is 6.43. The zero-order chi connectivity index (χ0) is 35.3. The zero-order valence-electron chi connectivity index (χ0n) is 30.4. The van der Waals surface area contributed by atoms with Gasteiger partial charge in [-0.15, -0.1) is 0 Å². The van der Waals surface area contributed by atoms with E-state index in [2.05, 4.69) is 173 Å². The van der Waals surface area contributed by atoms with E-state index in [1.54, 1.807) is 0 Å². The van der Waals surface area contributed by atoms with Crippen LogP contribution < -0.4 is 19.9 Å². The molecule has 4 aromatic carbocycles. The number of benzene rings is 4. The Balaban J connectivity index is 0.00000400. The first kappa shape index (κ1) is 34.2. The molecule has 4 aromatic heterocycles. The van der Waals surface area contributed by atoms with Gasteiger partial charge in [-0.3, -0.25) is 0 Å². The van der Waals surface area contributed by atoms with E-state index in [1.165, 1.54) is 22.3 Å². The van der Waals surface area contributed by atoms with Crippen LogP contribution >= 0.6 is 0 Å². The predicted octanol–water partition coefficient (Wildman–Crippen LogP) is 9.14. The molecule has 0 unspecified atom stereocenters. The van der Waals surface area contributed by atoms with Crippen LogP contribution in [0.15, 0.2) is 146 Å². The van der Waals surface area contributed by atoms with Crippen molar-refractivity contribution in [1.29, 1.82) is 0 Å². The molecule has 0 fully saturated rings. The van der Waals surface area contributed by atoms with E-state index < -0.39 is 0 Å². The second-order valence-electron chi connectivity index (χ2n) is 13.8. The standard InChI is InChI=1S/C48H36N4.Zn/c1-29-5-13-33(14-6-29)45-37-21-23-39(49-37)46(34-15-7-30(2)8-16-34)41-25-27-43(51-41)48(36-19-11-32(4)12-20-36)44-28-26-42(52-44)47(40-24-22-38(45)50-40)35-17-9-31(3)10-18-35;/h5-28H,1-4H3;. The maximum Gasteiger partial charge on any atom is 0.0768 e. The molecule has 4 nitrogen and oxygen atoms in total. The maximum absolute atomic E-state index is 5.37. The summed E-state index contributed by atoms with van der Waals surface area (Å²) >= 11 is 0. The molecule has 0 saturated carbocycles. The van der Waals surface area contributed by atoms with Crippen LogP contribution in [0.5, 0.6) is 0 Å². The van der Waals surface area contributed by atoms with E-state index >= 15 is 0 Å². The van der Waals surface area contributed by atoms with Gasteiger partial charge >= 0.3 is 0 Å². The van der Waals surface area contributed by atoms with Gasteiger partial charge in [-0.05, 0) is 144 Å². The first-order valence-electron chi connectivity index (χ1n) is 17.7. The van der Waals surface area contributed by atoms with Crippen molar-refractivity contribution in [1.82, 2.24) is 19.9 Å². The van der Waals surface area contributed by atoms with Crippen LogP contribution in [0.25, 0.3) is 0 Å². The smallest absolute Gasteiger partial charge is 0.0768 e. The number of nitrogens with zero attached hydrogens (tertiary/aromatic N) is 4. The summed E-state index contributed by atoms with van der Waals surface area (Å²) in [7, 11) is 0. The molecule has 53 heavy (non-hydrogen) atoms. The first-order valence-corrected chi connectivity index (χ1v) is 17.7. The summed E-state index contributed by atoms with van der Waals surface area (Å²) in [5.74, 6) is 3.94. The van der Waals surface area contributed by atoms with Crippen LogP contribution in [0.1, 0.15) is 90.1 Å². The van der Waals surface area contributed by atoms with Gasteiger partial charge in [-0.25, -0.2) is 0 Å². The minimum absolute atomic E-state index is 0. The van der Waals surface area contributed by atoms with E-state index in [1.807, 2.05) is 0 Å². The monoisotopic (exact) mass is 732 g/mol. The Morgan fingerprint density at radius 2 is 0.396 bits per heavy atom. The molecule has 0 amide bonds. The predicted molar refractivity (Wildman–Crippen MR) is 206 cm³/mol. The Morgan fingerprint density at radius 3 is 0.547 bits per heavy atom. The quantitative estimate of drug-likeness (QED) is 0.134. The molecule has 8 aromatic rings. The molecular weight excluding hydrogens is 698 g/mol. The molecule has 0 spiro atoms. The van der Waals surface area contributed by atoms with Crippen LogP contribution in [0, 0.1) is 51.4 Å². The van der Waals surface area contributed by atoms with Gasteiger partial charge in [0.1, 0.15) is 0 Å². The van der Waals surface area contributed by atoms with Crippen molar-refractivity contribution in [2.75, 3.05) is 0 Å². The number of aromatic nitrogens is 4. The summed E-state index contributed by atoms with van der Waals surface area (Å²) in [6, 6.07) is 51.5. The molecule has 0 radical (unpaired) electrons. The summed E-state index contributed by atoms with van der Waals surface area (Å²) in [4.78, 5) is 21.5. The van der Waals surface area contributed by atoms with E-state index in [0.29, 0.717) is 0 Å². The molecule has 8 bridgehead atoms. The van der Waals surface area contributed by atoms with Crippen molar-refractivity contribution in [3.8, 4) is 0 Å². The number of hydrogen-bond acceptors (Lipinski definition) is 0. The Morgan fingerprint density at radius 1 is 0.245 bits per heavy atom. The maximum atomic E-state index is 5.37. The van der Waals surface area contributed by atoms with Gasteiger partial charge in [0.15, 0.2) is 0 Å². The third-order valence-corrected chi connectivity index (χ3v) is 9.97. The zero-order valence-corrected chi connectivity index (χ0v) is 33.3. The van der Waals surface area contributed by atoms with E-state index in [0.717, 1.165) is 91.5 Å². The Kier molecular flexibility index (Phi) is 8.98. The summed E-state index contributed by atoms with van der Waals surface area (Å²) in [6.07, 6.45) is 0. The van der Waals surface area contributed by atoms with Crippen molar-refractivity contribution in [2.45, 2.75) is 27.7 Å². The fourth-order valence-electron chi connectivity index (χ4n) is 7.15. The van der Waals surface area contributed by atoms with Gasteiger partial charge in [0.2, 0.25) is 0 Å². The Bertz CT molecular complexity index is 2030. The van der Waals surface area contributed by atoms with Crippen molar-refractivity contribution in [2.24, 2.45) is 0 Å². The second-order valence-corrected chi connectivity index (χ2v) is 13.8. The minimum atomic E-state index is 0. The average molecular weight is 734 g/mol. The first-order chi connectivity index (χ1) is 25.4. The molecule has 0 aliphatic carbocycles. The molecule has 250 valence electrons. The number of hydrogen-bond donors (Lipinski definition) is 0. The van der Waals surface area contributed by atoms with Gasteiger partial charge in [-0.2, -0.15) is 0 Å². The molecule has 0 atom stereocenters. The minimum Gasteiger partial charge on any atom is -0.628 e. The van der Waals surface area contributed by atoms with Crippen LogP contribution in [0.2, 0.25) is 0 Å². The summed E-state index contributed by atoms with van der Waals surface area (Å²) < 4.78 is 0. The molecular formula is C48H36N4Zn. The van der Waals surface area contributed by atoms with Crippen LogP contribution in [-0.2, 0) is 19.5 Å². The van der Waals surface area contributed by atoms with Crippen LogP contribution in [-0.4, -0.2) is 0 Å². The van der Waals surface area contributed by atoms with E-state index in [9.17, 15) is 0 Å². The third-order valence-electron chi connectivity index (χ3n) is 9.97. The number of fused-ring (bicyclic) bond motifs is 8. The van der Waals surface area contributed by atoms with Crippen molar-refractivity contribution < 1.29 is 19.5 Å². The van der Waals surface area contributed by atoms with E-state index in [-0.39, 0.29) is 19.5 Å². The van der Waals surface area contributed by atoms with Crippen LogP contribution in [0.4, 0.5) is 0 Å². The van der Waals surface area contributed by atoms with Gasteiger partial charge in [0.05, 0.1) is 22.3 Å². The normalized spacial score (nSPS) is 12.6. The molecule has 9 rings (SSSR count). The average Bonchev–Trinajstić information content (AvgIpc) is 3.99. The fraction of sp³-hybridized carbons (Fsp3) is 0.0833. The Labute approximate surface area is 324 Å². The van der Waals surface area contributed by atoms with Crippen molar-refractivity contribution >= 4 is 0 Å². The van der Waals surface area contributed by atoms with Gasteiger partial charge in [0, 0.05) is 140 Å². The molecule has 1 aliphatic heterocycles. The van der Waals surface area contributed by atoms with Gasteiger partial charge in [-0.1, -0.05) is 0 Å². The fourth-order valence-corrected chi connectivity index (χ4v) is 7.15. The SMILES string of the molecule is Cc1ccc([C+]2c3ccc([n-]3)[C+](c3ccc(C)cc3)c3ccc([n-]3)[C+](c3ccc(C)cc3)c3ccc([n-]3)[C+](c3ccc(C)cc3)c3ccc2[n-]3)cc1.[Zn]. The molecule has 0 N–H and O–H groups in total. The van der Waals surface area contributed by atoms with Crippen LogP contribution in [0.3, 0.4) is 0 Å². The van der Waals surface area contributed by atoms with Gasteiger partial charge in [0.25, 0.3) is 0 Å². The Hall–Kier alpha value is -5.90. The van der Waals surface area contributed by atoms with Gasteiger partial charge < -0.3 is 19.9 Å². The topological polar surface area (TPSA) is 56.4 Å². The van der Waals surface area contributed by atoms with Crippen molar-refractivity contribution in [3.63, 3.8) is 0 Å². The second kappa shape index (κ2) is 13.9. The molecule has 5 heterocycles. The molecule has 0 saturated heterocycles. The summed E-state index contributed by atoms with van der Waals surface area (Å²) in [5, 5.41) is 0. The van der Waals surface area contributed by atoms with E-state index in [4.69, 9.17) is 19.9 Å². The number of rotatable bonds is 4. The molecule has 1 aliphatic rings. The largest absolute Gasteiger partial charge is 0.628 e.